The van der Waals surface area contributed by atoms with E-state index in [4.69, 9.17) is 9.47 Å². The molecule has 3 rings (SSSR count). The van der Waals surface area contributed by atoms with Gasteiger partial charge in [0.25, 0.3) is 0 Å². The number of hydrogen-bond acceptors (Lipinski definition) is 5. The lowest BCUT2D eigenvalue weighted by Crippen LogP contribution is -2.45. The zero-order chi connectivity index (χ0) is 17.8. The number of nitrogens with one attached hydrogen (secondary N) is 2. The molecule has 1 aromatic rings. The number of carbonyl (C=O) groups is 3. The molecule has 1 aromatic carbocycles. The van der Waals surface area contributed by atoms with E-state index in [1.807, 2.05) is 12.1 Å². The Bertz CT molecular complexity index is 691. The van der Waals surface area contributed by atoms with Crippen LogP contribution in [0.5, 0.6) is 11.5 Å². The molecule has 3 amide bonds. The number of amides is 3. The van der Waals surface area contributed by atoms with E-state index in [2.05, 4.69) is 10.6 Å². The molecule has 25 heavy (non-hydrogen) atoms. The summed E-state index contributed by atoms with van der Waals surface area (Å²) in [5.74, 6) is 0.912. The molecule has 1 atom stereocenters. The van der Waals surface area contributed by atoms with E-state index in [1.165, 1.54) is 0 Å². The first-order valence-corrected chi connectivity index (χ1v) is 8.25. The minimum absolute atomic E-state index is 0.0517. The highest BCUT2D eigenvalue weighted by atomic mass is 16.7. The molecular weight excluding hydrogens is 326 g/mol. The van der Waals surface area contributed by atoms with Gasteiger partial charge < -0.3 is 25.0 Å². The maximum Gasteiger partial charge on any atom is 0.242 e. The molecule has 2 aliphatic rings. The van der Waals surface area contributed by atoms with Crippen LogP contribution in [0.15, 0.2) is 18.2 Å². The lowest BCUT2D eigenvalue weighted by molar-refractivity contribution is -0.135. The van der Waals surface area contributed by atoms with Crippen LogP contribution >= 0.6 is 0 Å². The first-order chi connectivity index (χ1) is 12.1. The van der Waals surface area contributed by atoms with Crippen LogP contribution in [0.3, 0.4) is 0 Å². The first-order valence-electron chi connectivity index (χ1n) is 8.25. The highest BCUT2D eigenvalue weighted by Crippen LogP contribution is 2.33. The molecule has 1 fully saturated rings. The number of rotatable bonds is 6. The fourth-order valence-electron chi connectivity index (χ4n) is 2.98. The van der Waals surface area contributed by atoms with Gasteiger partial charge in [-0.25, -0.2) is 0 Å². The summed E-state index contributed by atoms with van der Waals surface area (Å²) < 4.78 is 10.6. The normalized spacial score (nSPS) is 18.4. The van der Waals surface area contributed by atoms with Crippen molar-refractivity contribution in [3.63, 3.8) is 0 Å². The molecule has 2 heterocycles. The highest BCUT2D eigenvalue weighted by molar-refractivity contribution is 5.91. The quantitative estimate of drug-likeness (QED) is 0.764. The van der Waals surface area contributed by atoms with Crippen molar-refractivity contribution in [3.05, 3.63) is 23.8 Å². The standard InChI is InChI=1S/C17H21N3O5/c1-18-15(21)6-7-19-17(23)12-3-5-16(22)20(12)9-11-2-4-13-14(8-11)25-10-24-13/h2,4,8,12H,3,5-7,9-10H2,1H3,(H,18,21)(H,19,23). The largest absolute Gasteiger partial charge is 0.454 e. The molecule has 8 heteroatoms. The van der Waals surface area contributed by atoms with Crippen molar-refractivity contribution in [2.45, 2.75) is 31.8 Å². The predicted molar refractivity (Wildman–Crippen MR) is 87.8 cm³/mol. The zero-order valence-electron chi connectivity index (χ0n) is 14.0. The van der Waals surface area contributed by atoms with Crippen molar-refractivity contribution < 1.29 is 23.9 Å². The second-order valence-electron chi connectivity index (χ2n) is 5.98. The van der Waals surface area contributed by atoms with Crippen molar-refractivity contribution in [1.82, 2.24) is 15.5 Å². The molecule has 2 N–H and O–H groups in total. The van der Waals surface area contributed by atoms with E-state index in [0.29, 0.717) is 30.9 Å². The van der Waals surface area contributed by atoms with Gasteiger partial charge in [-0.15, -0.1) is 0 Å². The van der Waals surface area contributed by atoms with E-state index in [0.717, 1.165) is 5.56 Å². The number of hydrogen-bond donors (Lipinski definition) is 2. The molecule has 1 unspecified atom stereocenters. The maximum atomic E-state index is 12.4. The van der Waals surface area contributed by atoms with Gasteiger partial charge in [-0.1, -0.05) is 6.07 Å². The Kier molecular flexibility index (Phi) is 5.06. The van der Waals surface area contributed by atoms with Gasteiger partial charge in [-0.05, 0) is 24.1 Å². The lowest BCUT2D eigenvalue weighted by Gasteiger charge is -2.24. The van der Waals surface area contributed by atoms with Gasteiger partial charge in [0.1, 0.15) is 6.04 Å². The molecule has 0 aromatic heterocycles. The van der Waals surface area contributed by atoms with Crippen LogP contribution in [0.2, 0.25) is 0 Å². The Labute approximate surface area is 145 Å². The summed E-state index contributed by atoms with van der Waals surface area (Å²) in [5.41, 5.74) is 0.877. The van der Waals surface area contributed by atoms with E-state index >= 15 is 0 Å². The molecule has 0 radical (unpaired) electrons. The summed E-state index contributed by atoms with van der Waals surface area (Å²) in [6.07, 6.45) is 1.04. The van der Waals surface area contributed by atoms with Gasteiger partial charge in [0.05, 0.1) is 0 Å². The van der Waals surface area contributed by atoms with Gasteiger partial charge in [0, 0.05) is 33.0 Å². The van der Waals surface area contributed by atoms with Gasteiger partial charge in [0.15, 0.2) is 11.5 Å². The van der Waals surface area contributed by atoms with Gasteiger partial charge in [-0.3, -0.25) is 14.4 Å². The van der Waals surface area contributed by atoms with Crippen LogP contribution in [-0.2, 0) is 20.9 Å². The Morgan fingerprint density at radius 1 is 1.28 bits per heavy atom. The Balaban J connectivity index is 1.61. The number of fused-ring (bicyclic) bond motifs is 1. The minimum atomic E-state index is -0.511. The summed E-state index contributed by atoms with van der Waals surface area (Å²) in [4.78, 5) is 37.3. The van der Waals surface area contributed by atoms with Crippen LogP contribution in [0.4, 0.5) is 0 Å². The van der Waals surface area contributed by atoms with Crippen LogP contribution in [0.1, 0.15) is 24.8 Å². The summed E-state index contributed by atoms with van der Waals surface area (Å²) >= 11 is 0. The number of carbonyl (C=O) groups excluding carboxylic acids is 3. The second kappa shape index (κ2) is 7.42. The van der Waals surface area contributed by atoms with E-state index in [-0.39, 0.29) is 37.5 Å². The number of nitrogens with zero attached hydrogens (tertiary/aromatic N) is 1. The summed E-state index contributed by atoms with van der Waals surface area (Å²) in [6, 6.07) is 4.98. The molecule has 134 valence electrons. The SMILES string of the molecule is CNC(=O)CCNC(=O)C1CCC(=O)N1Cc1ccc2c(c1)OCO2. The Hall–Kier alpha value is -2.77. The monoisotopic (exact) mass is 347 g/mol. The Morgan fingerprint density at radius 2 is 2.08 bits per heavy atom. The third kappa shape index (κ3) is 3.84. The van der Waals surface area contributed by atoms with Crippen molar-refractivity contribution in [2.75, 3.05) is 20.4 Å². The molecule has 1 saturated heterocycles. The van der Waals surface area contributed by atoms with E-state index in [1.54, 1.807) is 18.0 Å². The van der Waals surface area contributed by atoms with Gasteiger partial charge in [0.2, 0.25) is 24.5 Å². The predicted octanol–water partition coefficient (Wildman–Crippen LogP) is 0.159. The number of likely N-dealkylation sites (tertiary alicyclic amines) is 1. The van der Waals surface area contributed by atoms with E-state index in [9.17, 15) is 14.4 Å². The fraction of sp³-hybridized carbons (Fsp3) is 0.471. The highest BCUT2D eigenvalue weighted by Gasteiger charge is 2.36. The van der Waals surface area contributed by atoms with Crippen LogP contribution in [-0.4, -0.2) is 49.0 Å². The number of benzene rings is 1. The van der Waals surface area contributed by atoms with Crippen molar-refractivity contribution in [3.8, 4) is 11.5 Å². The van der Waals surface area contributed by atoms with Gasteiger partial charge in [-0.2, -0.15) is 0 Å². The smallest absolute Gasteiger partial charge is 0.242 e. The maximum absolute atomic E-state index is 12.4. The summed E-state index contributed by atoms with van der Waals surface area (Å²) in [5, 5.41) is 5.23. The lowest BCUT2D eigenvalue weighted by atomic mass is 10.1. The van der Waals surface area contributed by atoms with Crippen LogP contribution in [0.25, 0.3) is 0 Å². The molecule has 0 spiro atoms. The molecule has 2 aliphatic heterocycles. The topological polar surface area (TPSA) is 97.0 Å². The molecule has 0 aliphatic carbocycles. The average molecular weight is 347 g/mol. The van der Waals surface area contributed by atoms with Crippen molar-refractivity contribution in [2.24, 2.45) is 0 Å². The molecule has 8 nitrogen and oxygen atoms in total. The Morgan fingerprint density at radius 3 is 2.88 bits per heavy atom. The molecule has 0 bridgehead atoms. The second-order valence-corrected chi connectivity index (χ2v) is 5.98. The average Bonchev–Trinajstić information content (AvgIpc) is 3.21. The fourth-order valence-corrected chi connectivity index (χ4v) is 2.98. The van der Waals surface area contributed by atoms with Crippen LogP contribution < -0.4 is 20.1 Å². The zero-order valence-corrected chi connectivity index (χ0v) is 14.0. The molecule has 0 saturated carbocycles. The summed E-state index contributed by atoms with van der Waals surface area (Å²) in [7, 11) is 1.55. The van der Waals surface area contributed by atoms with Crippen molar-refractivity contribution in [1.29, 1.82) is 0 Å². The van der Waals surface area contributed by atoms with Crippen LogP contribution in [0, 0.1) is 0 Å². The third-order valence-corrected chi connectivity index (χ3v) is 4.35. The third-order valence-electron chi connectivity index (χ3n) is 4.35. The van der Waals surface area contributed by atoms with E-state index < -0.39 is 6.04 Å². The molecular formula is C17H21N3O5. The minimum Gasteiger partial charge on any atom is -0.454 e. The van der Waals surface area contributed by atoms with Crippen molar-refractivity contribution >= 4 is 17.7 Å². The first kappa shape index (κ1) is 17.1. The summed E-state index contributed by atoms with van der Waals surface area (Å²) in [6.45, 7) is 0.780. The number of ether oxygens (including phenoxy) is 2. The van der Waals surface area contributed by atoms with Gasteiger partial charge >= 0.3 is 0 Å².